The van der Waals surface area contributed by atoms with E-state index in [9.17, 15) is 4.79 Å². The van der Waals surface area contributed by atoms with E-state index < -0.39 is 0 Å². The van der Waals surface area contributed by atoms with Crippen LogP contribution in [0.4, 0.5) is 5.82 Å². The quantitative estimate of drug-likeness (QED) is 0.810. The first kappa shape index (κ1) is 12.9. The number of nitrogens with zero attached hydrogens (tertiary/aromatic N) is 1. The average molecular weight is 247 g/mol. The maximum atomic E-state index is 12.0. The molecule has 2 N–H and O–H groups in total. The number of anilines is 1. The van der Waals surface area contributed by atoms with Crippen molar-refractivity contribution in [3.8, 4) is 0 Å². The van der Waals surface area contributed by atoms with E-state index in [0.717, 1.165) is 30.9 Å². The fraction of sp³-hybridized carbons (Fsp3) is 0.571. The highest BCUT2D eigenvalue weighted by Crippen LogP contribution is 2.27. The molecule has 0 unspecified atom stereocenters. The number of carbonyl (C=O) groups is 1. The molecular formula is C14H21N3O. The Bertz CT molecular complexity index is 427. The van der Waals surface area contributed by atoms with E-state index in [2.05, 4.69) is 22.5 Å². The van der Waals surface area contributed by atoms with Gasteiger partial charge in [0.05, 0.1) is 0 Å². The molecule has 0 bridgehead atoms. The van der Waals surface area contributed by atoms with Gasteiger partial charge in [-0.2, -0.15) is 0 Å². The minimum absolute atomic E-state index is 0.0122. The van der Waals surface area contributed by atoms with Crippen LogP contribution in [0.15, 0.2) is 12.1 Å². The summed E-state index contributed by atoms with van der Waals surface area (Å²) < 4.78 is 0. The van der Waals surface area contributed by atoms with Crippen LogP contribution in [-0.4, -0.2) is 24.5 Å². The van der Waals surface area contributed by atoms with Crippen molar-refractivity contribution in [3.63, 3.8) is 0 Å². The number of hydrogen-bond acceptors (Lipinski definition) is 3. The van der Waals surface area contributed by atoms with Crippen molar-refractivity contribution >= 4 is 11.7 Å². The number of pyridine rings is 1. The van der Waals surface area contributed by atoms with Gasteiger partial charge in [0.2, 0.25) is 0 Å². The Morgan fingerprint density at radius 2 is 2.22 bits per heavy atom. The predicted octanol–water partition coefficient (Wildman–Crippen LogP) is 2.22. The SMILES string of the molecule is CCCc1cc(C(=O)NCC2CC2)cc(NC)n1. The summed E-state index contributed by atoms with van der Waals surface area (Å²) in [6, 6.07) is 3.70. The smallest absolute Gasteiger partial charge is 0.251 e. The van der Waals surface area contributed by atoms with E-state index in [-0.39, 0.29) is 5.91 Å². The summed E-state index contributed by atoms with van der Waals surface area (Å²) in [7, 11) is 1.82. The van der Waals surface area contributed by atoms with Crippen molar-refractivity contribution in [2.24, 2.45) is 5.92 Å². The molecule has 2 rings (SSSR count). The predicted molar refractivity (Wildman–Crippen MR) is 72.8 cm³/mol. The number of aryl methyl sites for hydroxylation is 1. The van der Waals surface area contributed by atoms with Crippen LogP contribution in [0.1, 0.15) is 42.2 Å². The first-order chi connectivity index (χ1) is 8.72. The molecule has 0 atom stereocenters. The van der Waals surface area contributed by atoms with Crippen molar-refractivity contribution in [1.29, 1.82) is 0 Å². The molecule has 98 valence electrons. The summed E-state index contributed by atoms with van der Waals surface area (Å²) in [4.78, 5) is 16.5. The van der Waals surface area contributed by atoms with Gasteiger partial charge in [0.1, 0.15) is 5.82 Å². The molecule has 4 heteroatoms. The highest BCUT2D eigenvalue weighted by Gasteiger charge is 2.22. The van der Waals surface area contributed by atoms with Crippen LogP contribution >= 0.6 is 0 Å². The molecule has 18 heavy (non-hydrogen) atoms. The van der Waals surface area contributed by atoms with Gasteiger partial charge in [-0.25, -0.2) is 4.98 Å². The van der Waals surface area contributed by atoms with Gasteiger partial charge in [0.15, 0.2) is 0 Å². The summed E-state index contributed by atoms with van der Waals surface area (Å²) >= 11 is 0. The molecule has 0 spiro atoms. The van der Waals surface area contributed by atoms with E-state index in [4.69, 9.17) is 0 Å². The van der Waals surface area contributed by atoms with Crippen LogP contribution in [0.5, 0.6) is 0 Å². The average Bonchev–Trinajstić information content (AvgIpc) is 3.20. The van der Waals surface area contributed by atoms with Crippen molar-refractivity contribution in [3.05, 3.63) is 23.4 Å². The Balaban J connectivity index is 2.08. The lowest BCUT2D eigenvalue weighted by molar-refractivity contribution is 0.0951. The molecule has 1 heterocycles. The molecule has 1 aromatic heterocycles. The maximum absolute atomic E-state index is 12.0. The number of carbonyl (C=O) groups excluding carboxylic acids is 1. The molecule has 1 fully saturated rings. The van der Waals surface area contributed by atoms with Gasteiger partial charge in [-0.05, 0) is 37.3 Å². The molecule has 4 nitrogen and oxygen atoms in total. The van der Waals surface area contributed by atoms with Crippen LogP contribution in [-0.2, 0) is 6.42 Å². The monoisotopic (exact) mass is 247 g/mol. The van der Waals surface area contributed by atoms with Gasteiger partial charge >= 0.3 is 0 Å². The molecule has 0 aromatic carbocycles. The third-order valence-electron chi connectivity index (χ3n) is 3.15. The maximum Gasteiger partial charge on any atom is 0.251 e. The second kappa shape index (κ2) is 5.85. The molecule has 1 aliphatic rings. The first-order valence-corrected chi connectivity index (χ1v) is 6.69. The summed E-state index contributed by atoms with van der Waals surface area (Å²) in [6.45, 7) is 2.92. The molecule has 0 aliphatic heterocycles. The van der Waals surface area contributed by atoms with Gasteiger partial charge in [0, 0.05) is 24.8 Å². The molecule has 1 aromatic rings. The molecule has 1 saturated carbocycles. The van der Waals surface area contributed by atoms with Gasteiger partial charge in [-0.1, -0.05) is 13.3 Å². The minimum atomic E-state index is 0.0122. The lowest BCUT2D eigenvalue weighted by Gasteiger charge is -2.08. The van der Waals surface area contributed by atoms with Crippen LogP contribution in [0.2, 0.25) is 0 Å². The van der Waals surface area contributed by atoms with Crippen molar-refractivity contribution < 1.29 is 4.79 Å². The number of rotatable bonds is 6. The van der Waals surface area contributed by atoms with Crippen LogP contribution in [0, 0.1) is 5.92 Å². The summed E-state index contributed by atoms with van der Waals surface area (Å²) in [6.07, 6.45) is 4.43. The fourth-order valence-corrected chi connectivity index (χ4v) is 1.89. The van der Waals surface area contributed by atoms with Crippen LogP contribution < -0.4 is 10.6 Å². The number of aromatic nitrogens is 1. The molecule has 1 aliphatic carbocycles. The van der Waals surface area contributed by atoms with Gasteiger partial charge in [0.25, 0.3) is 5.91 Å². The lowest BCUT2D eigenvalue weighted by atomic mass is 10.1. The van der Waals surface area contributed by atoms with E-state index >= 15 is 0 Å². The minimum Gasteiger partial charge on any atom is -0.373 e. The molecule has 0 radical (unpaired) electrons. The highest BCUT2D eigenvalue weighted by atomic mass is 16.1. The molecule has 1 amide bonds. The summed E-state index contributed by atoms with van der Waals surface area (Å²) in [5, 5.41) is 5.99. The number of hydrogen-bond donors (Lipinski definition) is 2. The van der Waals surface area contributed by atoms with E-state index in [1.807, 2.05) is 13.1 Å². The van der Waals surface area contributed by atoms with Crippen LogP contribution in [0.25, 0.3) is 0 Å². The van der Waals surface area contributed by atoms with Crippen molar-refractivity contribution in [1.82, 2.24) is 10.3 Å². The Kier molecular flexibility index (Phi) is 4.18. The van der Waals surface area contributed by atoms with Crippen LogP contribution in [0.3, 0.4) is 0 Å². The van der Waals surface area contributed by atoms with Crippen molar-refractivity contribution in [2.45, 2.75) is 32.6 Å². The Labute approximate surface area is 108 Å². The summed E-state index contributed by atoms with van der Waals surface area (Å²) in [5.41, 5.74) is 1.68. The Hall–Kier alpha value is -1.58. The van der Waals surface area contributed by atoms with Crippen molar-refractivity contribution in [2.75, 3.05) is 18.9 Å². The second-order valence-electron chi connectivity index (χ2n) is 4.89. The van der Waals surface area contributed by atoms with E-state index in [1.165, 1.54) is 12.8 Å². The number of nitrogens with one attached hydrogen (secondary N) is 2. The van der Waals surface area contributed by atoms with Gasteiger partial charge in [-0.15, -0.1) is 0 Å². The Morgan fingerprint density at radius 1 is 1.44 bits per heavy atom. The van der Waals surface area contributed by atoms with Gasteiger partial charge in [-0.3, -0.25) is 4.79 Å². The molecular weight excluding hydrogens is 226 g/mol. The Morgan fingerprint density at radius 3 is 2.83 bits per heavy atom. The fourth-order valence-electron chi connectivity index (χ4n) is 1.89. The van der Waals surface area contributed by atoms with Gasteiger partial charge < -0.3 is 10.6 Å². The van der Waals surface area contributed by atoms with E-state index in [0.29, 0.717) is 11.5 Å². The first-order valence-electron chi connectivity index (χ1n) is 6.69. The topological polar surface area (TPSA) is 54.0 Å². The zero-order valence-corrected chi connectivity index (χ0v) is 11.1. The number of amides is 1. The highest BCUT2D eigenvalue weighted by molar-refractivity contribution is 5.95. The lowest BCUT2D eigenvalue weighted by Crippen LogP contribution is -2.25. The van der Waals surface area contributed by atoms with E-state index in [1.54, 1.807) is 6.07 Å². The standard InChI is InChI=1S/C14H21N3O/c1-3-4-12-7-11(8-13(15-2)17-12)14(18)16-9-10-5-6-10/h7-8,10H,3-6,9H2,1-2H3,(H,15,17)(H,16,18). The summed E-state index contributed by atoms with van der Waals surface area (Å²) in [5.74, 6) is 1.48. The zero-order valence-electron chi connectivity index (χ0n) is 11.1. The largest absolute Gasteiger partial charge is 0.373 e. The second-order valence-corrected chi connectivity index (χ2v) is 4.89. The third-order valence-corrected chi connectivity index (χ3v) is 3.15. The normalized spacial score (nSPS) is 14.3. The zero-order chi connectivity index (χ0) is 13.0. The third kappa shape index (κ3) is 3.45. The molecule has 0 saturated heterocycles.